The Morgan fingerprint density at radius 1 is 0.510 bits per heavy atom. The minimum Gasteiger partial charge on any atom is -1.00 e. The van der Waals surface area contributed by atoms with Gasteiger partial charge in [-0.25, -0.2) is 27.7 Å². The van der Waals surface area contributed by atoms with Crippen LogP contribution in [0.3, 0.4) is 0 Å². The van der Waals surface area contributed by atoms with Crippen molar-refractivity contribution in [2.75, 3.05) is 26.9 Å². The van der Waals surface area contributed by atoms with Crippen LogP contribution in [0.2, 0.25) is 0 Å². The molecule has 96 heavy (non-hydrogen) atoms. The number of esters is 3. The lowest BCUT2D eigenvalue weighted by Crippen LogP contribution is -3.00. The minimum atomic E-state index is -1.01. The molecule has 1 aromatic heterocycles. The number of amides is 1. The maximum Gasteiger partial charge on any atom is 0.365 e. The summed E-state index contributed by atoms with van der Waals surface area (Å²) in [6.45, 7) is 8.79. The van der Waals surface area contributed by atoms with Crippen molar-refractivity contribution < 1.29 is 88.8 Å². The van der Waals surface area contributed by atoms with Crippen LogP contribution in [0.25, 0.3) is 0 Å². The van der Waals surface area contributed by atoms with Crippen LogP contribution in [0.4, 0.5) is 13.2 Å². The molecule has 0 unspecified atom stereocenters. The fraction of sp³-hybridized carbons (Fsp3) is 0.416. The molecule has 19 heteroatoms. The fourth-order valence-electron chi connectivity index (χ4n) is 12.3. The van der Waals surface area contributed by atoms with Crippen LogP contribution in [0.1, 0.15) is 110 Å². The summed E-state index contributed by atoms with van der Waals surface area (Å²) in [5, 5.41) is 12.9. The lowest BCUT2D eigenvalue weighted by atomic mass is 9.86. The van der Waals surface area contributed by atoms with Crippen molar-refractivity contribution in [1.82, 2.24) is 10.3 Å². The van der Waals surface area contributed by atoms with Crippen LogP contribution < -0.4 is 28.2 Å². The molecule has 0 radical (unpaired) electrons. The molecule has 0 spiro atoms. The third-order valence-electron chi connectivity index (χ3n) is 18.0. The Kier molecular flexibility index (Phi) is 30.2. The van der Waals surface area contributed by atoms with Gasteiger partial charge in [0.1, 0.15) is 41.8 Å². The van der Waals surface area contributed by atoms with Gasteiger partial charge in [-0.15, -0.1) is 0 Å². The first kappa shape index (κ1) is 75.3. The molecule has 6 aromatic carbocycles. The van der Waals surface area contributed by atoms with E-state index in [0.29, 0.717) is 51.7 Å². The smallest absolute Gasteiger partial charge is 0.365 e. The van der Waals surface area contributed by atoms with Gasteiger partial charge in [0.15, 0.2) is 23.2 Å². The second-order valence-electron chi connectivity index (χ2n) is 24.9. The highest BCUT2D eigenvalue weighted by molar-refractivity contribution is 5.98. The van der Waals surface area contributed by atoms with Crippen LogP contribution in [-0.2, 0) is 81.3 Å². The maximum atomic E-state index is 13.5. The number of carbonyl (C=O) groups excluding carboxylic acids is 4. The van der Waals surface area contributed by atoms with Crippen molar-refractivity contribution in [3.05, 3.63) is 233 Å². The van der Waals surface area contributed by atoms with Crippen molar-refractivity contribution in [3.8, 4) is 11.5 Å². The van der Waals surface area contributed by atoms with Crippen molar-refractivity contribution in [1.29, 1.82) is 0 Å². The summed E-state index contributed by atoms with van der Waals surface area (Å²) in [6, 6.07) is 50.0. The van der Waals surface area contributed by atoms with E-state index < -0.39 is 35.8 Å². The van der Waals surface area contributed by atoms with E-state index in [0.717, 1.165) is 48.8 Å². The third-order valence-corrected chi connectivity index (χ3v) is 18.0. The van der Waals surface area contributed by atoms with E-state index in [4.69, 9.17) is 33.2 Å². The number of aryl methyl sites for hydroxylation is 3. The van der Waals surface area contributed by atoms with Crippen molar-refractivity contribution in [3.63, 3.8) is 0 Å². The quantitative estimate of drug-likeness (QED) is 0.0542. The van der Waals surface area contributed by atoms with Crippen LogP contribution in [0, 0.1) is 41.1 Å². The van der Waals surface area contributed by atoms with Gasteiger partial charge in [-0.1, -0.05) is 134 Å². The van der Waals surface area contributed by atoms with Crippen LogP contribution in [0.5, 0.6) is 11.5 Å². The molecule has 10 rings (SSSR count). The number of ether oxygens (including phenoxy) is 7. The second-order valence-corrected chi connectivity index (χ2v) is 24.9. The van der Waals surface area contributed by atoms with Gasteiger partial charge in [-0.05, 0) is 155 Å². The topological polar surface area (TPSA) is 206 Å². The standard InChI is InChI=1S/C30H33FN2O6.C24H29FO3.C23H28FNO3.ClH/c1-19-23(18-21-8-11-22(31)12-9-21)25(13-10-20-6-4-3-5-7-20)38-17-15-24(30(36)39-19)33-29(35)27-28(34)26(37-2)14-16-32-27;1-17-14-15-27-23(13-10-19-6-4-3-5-7-19)22(18(2)28-24(17)26)16-20-8-11-21(25)12-9-20;1-16-20(15-18-7-10-19(24)11-8-18)22(12-9-17-5-3-2-4-6-17)27-14-13-21(25)23(26)28-16;/h3-9,11-12,14,16,19,23-25,34H,10,13,15,17-18H2,1-2H3,(H,33,35);3-9,11-12,17-18,22-23H,10,13-16H2,1-2H3;2-8,10-11,16,20-22H,9,12-15,25H2,1H3;1H/t19-,23-,24-,25+;17-,18-,22-,23+;16-,20-,21-,22+;/m000./s1. The number of nitrogens with zero attached hydrogens (tertiary/aromatic N) is 1. The highest BCUT2D eigenvalue weighted by atomic mass is 35.5. The average molecular weight is 1340 g/mol. The van der Waals surface area contributed by atoms with Gasteiger partial charge in [-0.3, -0.25) is 9.59 Å². The molecule has 4 heterocycles. The van der Waals surface area contributed by atoms with Crippen LogP contribution in [-0.4, -0.2) is 110 Å². The number of aromatic hydroxyl groups is 1. The number of quaternary nitrogens is 1. The van der Waals surface area contributed by atoms with E-state index in [1.54, 1.807) is 36.4 Å². The van der Waals surface area contributed by atoms with E-state index in [9.17, 15) is 37.5 Å². The molecule has 12 atom stereocenters. The molecular weight excluding hydrogens is 1250 g/mol. The van der Waals surface area contributed by atoms with Crippen molar-refractivity contribution in [2.45, 2.75) is 153 Å². The summed E-state index contributed by atoms with van der Waals surface area (Å²) >= 11 is 0. The lowest BCUT2D eigenvalue weighted by Gasteiger charge is -2.31. The maximum absolute atomic E-state index is 13.5. The number of pyridine rings is 1. The number of cyclic esters (lactones) is 3. The highest BCUT2D eigenvalue weighted by Crippen LogP contribution is 2.32. The summed E-state index contributed by atoms with van der Waals surface area (Å²) in [5.74, 6) is -3.29. The third kappa shape index (κ3) is 23.3. The van der Waals surface area contributed by atoms with Gasteiger partial charge in [0.2, 0.25) is 0 Å². The highest BCUT2D eigenvalue weighted by Gasteiger charge is 2.38. The summed E-state index contributed by atoms with van der Waals surface area (Å²) in [5.41, 5.74) is 10.3. The molecule has 15 nitrogen and oxygen atoms in total. The number of nitrogens with one attached hydrogen (secondary N) is 1. The van der Waals surface area contributed by atoms with E-state index in [1.165, 1.54) is 72.5 Å². The Morgan fingerprint density at radius 2 is 0.875 bits per heavy atom. The number of aromatic nitrogens is 1. The van der Waals surface area contributed by atoms with Crippen molar-refractivity contribution >= 4 is 23.8 Å². The number of methoxy groups -OCH3 is 1. The molecule has 3 saturated heterocycles. The van der Waals surface area contributed by atoms with Crippen molar-refractivity contribution in [2.24, 2.45) is 23.7 Å². The largest absolute Gasteiger partial charge is 1.00 e. The summed E-state index contributed by atoms with van der Waals surface area (Å²) < 4.78 is 81.4. The number of benzene rings is 6. The summed E-state index contributed by atoms with van der Waals surface area (Å²) in [4.78, 5) is 54.6. The first-order valence-electron chi connectivity index (χ1n) is 33.1. The van der Waals surface area contributed by atoms with E-state index in [-0.39, 0.29) is 120 Å². The SMILES string of the molecule is COc1ccnc(C(=O)N[C@H]2CCO[C@H](CCc3ccccc3)[C@@H](Cc3ccc(F)cc3)[C@H](C)OC2=O)c1O.C[C@@H]1OC(=O)[C@@H](C)CCO[C@H](CCc2ccccc2)[C@H]1Cc1ccc(F)cc1.C[C@@H]1OC(=O)[C@@H]([NH3+])CCO[C@H](CCc2ccccc2)[C@H]1Cc1ccc(F)cc1.[Cl-]. The first-order valence-corrected chi connectivity index (χ1v) is 33.1. The minimum absolute atomic E-state index is 0. The fourth-order valence-corrected chi connectivity index (χ4v) is 12.3. The number of carbonyl (C=O) groups is 4. The van der Waals surface area contributed by atoms with E-state index in [2.05, 4.69) is 52.4 Å². The van der Waals surface area contributed by atoms with Gasteiger partial charge < -0.3 is 61.7 Å². The molecule has 0 saturated carbocycles. The number of hydrogen-bond donors (Lipinski definition) is 3. The summed E-state index contributed by atoms with van der Waals surface area (Å²) in [7, 11) is 1.36. The number of halogens is 4. The molecule has 0 aliphatic carbocycles. The molecule has 514 valence electrons. The molecular formula is C77H91ClF3N3O12. The van der Waals surface area contributed by atoms with E-state index in [1.807, 2.05) is 82.3 Å². The molecule has 7 aromatic rings. The normalized spacial score (nSPS) is 24.0. The van der Waals surface area contributed by atoms with Gasteiger partial charge in [0.05, 0.1) is 37.9 Å². The molecule has 3 fully saturated rings. The molecule has 5 N–H and O–H groups in total. The van der Waals surface area contributed by atoms with Gasteiger partial charge in [0, 0.05) is 56.1 Å². The number of hydrogen-bond acceptors (Lipinski definition) is 13. The number of rotatable bonds is 18. The Balaban J connectivity index is 0.000000206. The van der Waals surface area contributed by atoms with Gasteiger partial charge in [-0.2, -0.15) is 0 Å². The zero-order chi connectivity index (χ0) is 67.6. The average Bonchev–Trinajstić information content (AvgIpc) is 1.43. The van der Waals surface area contributed by atoms with Gasteiger partial charge >= 0.3 is 17.9 Å². The lowest BCUT2D eigenvalue weighted by molar-refractivity contribution is -0.410. The Hall–Kier alpha value is -8.13. The molecule has 1 amide bonds. The Labute approximate surface area is 568 Å². The van der Waals surface area contributed by atoms with Gasteiger partial charge in [0.25, 0.3) is 5.91 Å². The van der Waals surface area contributed by atoms with Crippen LogP contribution >= 0.6 is 0 Å². The molecule has 3 aliphatic heterocycles. The predicted octanol–water partition coefficient (Wildman–Crippen LogP) is 9.17. The zero-order valence-corrected chi connectivity index (χ0v) is 56.1. The second kappa shape index (κ2) is 38.6. The Bertz CT molecular complexity index is 3340. The Morgan fingerprint density at radius 3 is 1.27 bits per heavy atom. The monoisotopic (exact) mass is 1340 g/mol. The molecule has 0 bridgehead atoms. The summed E-state index contributed by atoms with van der Waals surface area (Å²) in [6.07, 6.45) is 8.07. The zero-order valence-electron chi connectivity index (χ0n) is 55.4. The van der Waals surface area contributed by atoms with E-state index >= 15 is 0 Å². The molecule has 3 aliphatic rings. The van der Waals surface area contributed by atoms with Crippen LogP contribution in [0.15, 0.2) is 176 Å². The first-order chi connectivity index (χ1) is 45.9. The predicted molar refractivity (Wildman–Crippen MR) is 354 cm³/mol.